The lowest BCUT2D eigenvalue weighted by atomic mass is 10.2. The van der Waals surface area contributed by atoms with Crippen LogP contribution >= 0.6 is 0 Å². The van der Waals surface area contributed by atoms with Crippen molar-refractivity contribution in [1.82, 2.24) is 6.15 Å². The molecule has 0 bridgehead atoms. The quantitative estimate of drug-likeness (QED) is 0.388. The van der Waals surface area contributed by atoms with Gasteiger partial charge in [-0.3, -0.25) is 0 Å². The predicted octanol–water partition coefficient (Wildman–Crippen LogP) is 0.325. The number of hydrogen-bond donors (Lipinski definition) is 3. The molecule has 0 unspecified atom stereocenters. The molecule has 0 amide bonds. The Morgan fingerprint density at radius 1 is 1.30 bits per heavy atom. The fourth-order valence-electron chi connectivity index (χ4n) is 0.541. The summed E-state index contributed by atoms with van der Waals surface area (Å²) in [5, 5.41) is 16.4. The van der Waals surface area contributed by atoms with Crippen molar-refractivity contribution < 1.29 is 14.7 Å². The highest BCUT2D eigenvalue weighted by Crippen LogP contribution is 1.93. The molecular weight excluding hydrogens is 133 g/mol. The molecule has 0 saturated carbocycles. The largest absolute Gasteiger partial charge is 0.633 e. The first kappa shape index (κ1) is 12.6. The molecule has 5 heteroatoms. The Morgan fingerprint density at radius 3 is 2.30 bits per heavy atom. The van der Waals surface area contributed by atoms with Crippen molar-refractivity contribution in [2.45, 2.75) is 26.2 Å². The Bertz CT molecular complexity index is 62.9. The van der Waals surface area contributed by atoms with E-state index in [1.54, 1.807) is 0 Å². The second-order valence-electron chi connectivity index (χ2n) is 1.90. The predicted molar refractivity (Wildman–Crippen MR) is 40.7 cm³/mol. The lowest BCUT2D eigenvalue weighted by molar-refractivity contribution is 0.182. The monoisotopic (exact) mass is 149 g/mol. The van der Waals surface area contributed by atoms with E-state index in [0.717, 1.165) is 19.3 Å². The zero-order valence-electron chi connectivity index (χ0n) is 6.42. The van der Waals surface area contributed by atoms with Crippen LogP contribution in [-0.2, 0) is 4.65 Å². The van der Waals surface area contributed by atoms with Crippen molar-refractivity contribution in [3.63, 3.8) is 0 Å². The standard InChI is InChI=1S/C5H13BO3.H3N/c1-2-3-4-5-9-6(7)8;/h7-8H,2-5H2,1H3;1H3. The summed E-state index contributed by atoms with van der Waals surface area (Å²) < 4.78 is 4.46. The summed E-state index contributed by atoms with van der Waals surface area (Å²) >= 11 is 0. The first-order chi connectivity index (χ1) is 4.27. The van der Waals surface area contributed by atoms with Gasteiger partial charge in [0, 0.05) is 6.61 Å². The lowest BCUT2D eigenvalue weighted by Crippen LogP contribution is -2.17. The van der Waals surface area contributed by atoms with Gasteiger partial charge in [0.25, 0.3) is 0 Å². The van der Waals surface area contributed by atoms with Gasteiger partial charge >= 0.3 is 7.32 Å². The van der Waals surface area contributed by atoms with Gasteiger partial charge in [0.15, 0.2) is 0 Å². The highest BCUT2D eigenvalue weighted by Gasteiger charge is 2.05. The van der Waals surface area contributed by atoms with E-state index in [-0.39, 0.29) is 6.15 Å². The van der Waals surface area contributed by atoms with Crippen LogP contribution in [0.3, 0.4) is 0 Å². The average molecular weight is 149 g/mol. The van der Waals surface area contributed by atoms with E-state index in [1.807, 2.05) is 0 Å². The summed E-state index contributed by atoms with van der Waals surface area (Å²) in [6, 6.07) is 0. The van der Waals surface area contributed by atoms with Crippen molar-refractivity contribution >= 4 is 7.32 Å². The van der Waals surface area contributed by atoms with Crippen molar-refractivity contribution in [3.8, 4) is 0 Å². The fraction of sp³-hybridized carbons (Fsp3) is 1.00. The second kappa shape index (κ2) is 8.90. The Morgan fingerprint density at radius 2 is 1.90 bits per heavy atom. The minimum Gasteiger partial charge on any atom is -0.402 e. The summed E-state index contributed by atoms with van der Waals surface area (Å²) in [6.45, 7) is 2.51. The van der Waals surface area contributed by atoms with E-state index >= 15 is 0 Å². The molecular formula is C5H16BNO3. The van der Waals surface area contributed by atoms with Gasteiger partial charge in [-0.1, -0.05) is 19.8 Å². The Kier molecular flexibility index (Phi) is 11.2. The average Bonchev–Trinajstić information content (AvgIpc) is 1.80. The van der Waals surface area contributed by atoms with E-state index in [2.05, 4.69) is 11.6 Å². The van der Waals surface area contributed by atoms with Crippen LogP contribution in [0.1, 0.15) is 26.2 Å². The number of rotatable bonds is 5. The molecule has 0 aromatic rings. The maximum atomic E-state index is 8.19. The third-order valence-electron chi connectivity index (χ3n) is 1.01. The molecule has 0 spiro atoms. The third kappa shape index (κ3) is 10.8. The van der Waals surface area contributed by atoms with Crippen LogP contribution < -0.4 is 6.15 Å². The molecule has 10 heavy (non-hydrogen) atoms. The van der Waals surface area contributed by atoms with Gasteiger partial charge in [0.1, 0.15) is 0 Å². The van der Waals surface area contributed by atoms with Crippen LogP contribution in [0, 0.1) is 0 Å². The van der Waals surface area contributed by atoms with E-state index < -0.39 is 7.32 Å². The highest BCUT2D eigenvalue weighted by molar-refractivity contribution is 6.32. The van der Waals surface area contributed by atoms with E-state index in [4.69, 9.17) is 10.0 Å². The van der Waals surface area contributed by atoms with Crippen molar-refractivity contribution in [3.05, 3.63) is 0 Å². The first-order valence-corrected chi connectivity index (χ1v) is 3.25. The molecule has 0 fully saturated rings. The molecule has 62 valence electrons. The van der Waals surface area contributed by atoms with E-state index in [9.17, 15) is 0 Å². The third-order valence-corrected chi connectivity index (χ3v) is 1.01. The Labute approximate surface area is 62.0 Å². The smallest absolute Gasteiger partial charge is 0.402 e. The van der Waals surface area contributed by atoms with Crippen LogP contribution in [0.5, 0.6) is 0 Å². The molecule has 0 aromatic carbocycles. The van der Waals surface area contributed by atoms with Crippen molar-refractivity contribution in [2.75, 3.05) is 6.61 Å². The summed E-state index contributed by atoms with van der Waals surface area (Å²) in [5.74, 6) is 0. The molecule has 0 aliphatic rings. The second-order valence-corrected chi connectivity index (χ2v) is 1.90. The Balaban J connectivity index is 0. The molecule has 5 N–H and O–H groups in total. The van der Waals surface area contributed by atoms with Gasteiger partial charge in [-0.15, -0.1) is 0 Å². The molecule has 0 radical (unpaired) electrons. The van der Waals surface area contributed by atoms with Crippen LogP contribution in [0.4, 0.5) is 0 Å². The fourth-order valence-corrected chi connectivity index (χ4v) is 0.541. The molecule has 4 nitrogen and oxygen atoms in total. The van der Waals surface area contributed by atoms with Gasteiger partial charge in [0.2, 0.25) is 0 Å². The molecule has 0 aliphatic carbocycles. The molecule has 0 aromatic heterocycles. The minimum atomic E-state index is -1.60. The molecule has 0 heterocycles. The summed E-state index contributed by atoms with van der Waals surface area (Å²) in [6.07, 6.45) is 3.09. The van der Waals surface area contributed by atoms with E-state index in [1.165, 1.54) is 0 Å². The minimum absolute atomic E-state index is 0. The lowest BCUT2D eigenvalue weighted by Gasteiger charge is -1.99. The van der Waals surface area contributed by atoms with Crippen LogP contribution in [-0.4, -0.2) is 24.0 Å². The summed E-state index contributed by atoms with van der Waals surface area (Å²) in [5.41, 5.74) is 0. The molecule has 0 atom stereocenters. The van der Waals surface area contributed by atoms with Gasteiger partial charge < -0.3 is 20.9 Å². The maximum absolute atomic E-state index is 8.19. The summed E-state index contributed by atoms with van der Waals surface area (Å²) in [7, 11) is -1.60. The topological polar surface area (TPSA) is 84.7 Å². The van der Waals surface area contributed by atoms with Gasteiger partial charge in [-0.2, -0.15) is 0 Å². The Hall–Kier alpha value is -0.0951. The van der Waals surface area contributed by atoms with Gasteiger partial charge in [-0.25, -0.2) is 0 Å². The molecule has 0 rings (SSSR count). The molecule has 0 aliphatic heterocycles. The zero-order valence-corrected chi connectivity index (χ0v) is 6.42. The SMILES string of the molecule is CCCCCOB(O)O.N. The maximum Gasteiger partial charge on any atom is 0.633 e. The summed E-state index contributed by atoms with van der Waals surface area (Å²) in [4.78, 5) is 0. The first-order valence-electron chi connectivity index (χ1n) is 3.25. The van der Waals surface area contributed by atoms with Crippen LogP contribution in [0.2, 0.25) is 0 Å². The number of hydrogen-bond acceptors (Lipinski definition) is 4. The van der Waals surface area contributed by atoms with Crippen LogP contribution in [0.25, 0.3) is 0 Å². The van der Waals surface area contributed by atoms with Crippen molar-refractivity contribution in [2.24, 2.45) is 0 Å². The zero-order chi connectivity index (χ0) is 7.11. The van der Waals surface area contributed by atoms with E-state index in [0.29, 0.717) is 6.61 Å². The van der Waals surface area contributed by atoms with Gasteiger partial charge in [0.05, 0.1) is 0 Å². The van der Waals surface area contributed by atoms with Gasteiger partial charge in [-0.05, 0) is 6.42 Å². The highest BCUT2D eigenvalue weighted by atomic mass is 16.6. The normalized spacial score (nSPS) is 8.70. The number of unbranched alkanes of at least 4 members (excludes halogenated alkanes) is 2. The van der Waals surface area contributed by atoms with Crippen LogP contribution in [0.15, 0.2) is 0 Å². The molecule has 0 saturated heterocycles. The van der Waals surface area contributed by atoms with Crippen molar-refractivity contribution in [1.29, 1.82) is 0 Å².